The summed E-state index contributed by atoms with van der Waals surface area (Å²) in [6.45, 7) is 1.51. The van der Waals surface area contributed by atoms with E-state index in [0.717, 1.165) is 0 Å². The van der Waals surface area contributed by atoms with Crippen molar-refractivity contribution in [1.82, 2.24) is 10.5 Å². The fourth-order valence-electron chi connectivity index (χ4n) is 1.52. The van der Waals surface area contributed by atoms with E-state index in [4.69, 9.17) is 14.7 Å². The number of nitrogens with one attached hydrogen (secondary N) is 1. The summed E-state index contributed by atoms with van der Waals surface area (Å²) >= 11 is 0. The summed E-state index contributed by atoms with van der Waals surface area (Å²) in [7, 11) is 0. The van der Waals surface area contributed by atoms with Gasteiger partial charge in [0.2, 0.25) is 12.1 Å². The van der Waals surface area contributed by atoms with Crippen molar-refractivity contribution >= 4 is 5.97 Å². The molecule has 0 amide bonds. The minimum atomic E-state index is -0.858. The van der Waals surface area contributed by atoms with E-state index in [1.165, 1.54) is 13.1 Å². The maximum atomic E-state index is 11.4. The number of hydroxylamine groups is 1. The van der Waals surface area contributed by atoms with Crippen molar-refractivity contribution in [2.45, 2.75) is 13.0 Å². The molecule has 0 aliphatic heterocycles. The standard InChI is InChI=1S/C15H13N3O4/c1-11(15(19)22-18-10-16)20-12-5-7-13(8-6-12)21-14-4-2-3-9-17-14/h2-9,11,18H,1H3. The van der Waals surface area contributed by atoms with Gasteiger partial charge < -0.3 is 14.3 Å². The molecule has 0 bridgehead atoms. The highest BCUT2D eigenvalue weighted by atomic mass is 16.7. The zero-order chi connectivity index (χ0) is 15.8. The SMILES string of the molecule is CC(Oc1ccc(Oc2ccccn2)cc1)C(=O)ONC#N. The van der Waals surface area contributed by atoms with Crippen molar-refractivity contribution in [3.05, 3.63) is 48.7 Å². The number of carbonyl (C=O) groups excluding carboxylic acids is 1. The van der Waals surface area contributed by atoms with Gasteiger partial charge in [0.1, 0.15) is 11.5 Å². The van der Waals surface area contributed by atoms with Crippen molar-refractivity contribution in [1.29, 1.82) is 5.26 Å². The number of benzene rings is 1. The fraction of sp³-hybridized carbons (Fsp3) is 0.133. The third-order valence-corrected chi connectivity index (χ3v) is 2.53. The average Bonchev–Trinajstić information content (AvgIpc) is 2.55. The first-order valence-corrected chi connectivity index (χ1v) is 6.39. The predicted molar refractivity (Wildman–Crippen MR) is 75.7 cm³/mol. The molecule has 1 aromatic carbocycles. The van der Waals surface area contributed by atoms with E-state index in [-0.39, 0.29) is 0 Å². The lowest BCUT2D eigenvalue weighted by atomic mass is 10.3. The lowest BCUT2D eigenvalue weighted by Gasteiger charge is -2.12. The topological polar surface area (TPSA) is 93.5 Å². The molecule has 0 saturated heterocycles. The molecule has 1 N–H and O–H groups in total. The van der Waals surface area contributed by atoms with Crippen molar-refractivity contribution in [2.24, 2.45) is 0 Å². The molecule has 0 spiro atoms. The normalized spacial score (nSPS) is 10.9. The minimum Gasteiger partial charge on any atom is -0.479 e. The number of nitrogens with zero attached hydrogens (tertiary/aromatic N) is 2. The second kappa shape index (κ2) is 7.50. The lowest BCUT2D eigenvalue weighted by Crippen LogP contribution is -2.29. The van der Waals surface area contributed by atoms with E-state index < -0.39 is 12.1 Å². The molecule has 0 saturated carbocycles. The number of rotatable bonds is 6. The van der Waals surface area contributed by atoms with Crippen LogP contribution in [0.25, 0.3) is 0 Å². The molecule has 1 heterocycles. The number of ether oxygens (including phenoxy) is 2. The summed E-state index contributed by atoms with van der Waals surface area (Å²) < 4.78 is 10.9. The first kappa shape index (κ1) is 15.1. The first-order chi connectivity index (χ1) is 10.7. The zero-order valence-corrected chi connectivity index (χ0v) is 11.7. The predicted octanol–water partition coefficient (Wildman–Crippen LogP) is 2.17. The van der Waals surface area contributed by atoms with Gasteiger partial charge in [0.25, 0.3) is 0 Å². The van der Waals surface area contributed by atoms with Gasteiger partial charge in [-0.25, -0.2) is 9.78 Å². The molecule has 0 aliphatic carbocycles. The third-order valence-electron chi connectivity index (χ3n) is 2.53. The highest BCUT2D eigenvalue weighted by Crippen LogP contribution is 2.22. The smallest absolute Gasteiger partial charge is 0.372 e. The molecule has 7 nitrogen and oxygen atoms in total. The second-order valence-corrected chi connectivity index (χ2v) is 4.14. The molecule has 1 atom stereocenters. The molecular formula is C15H13N3O4. The Hall–Kier alpha value is -3.27. The molecular weight excluding hydrogens is 286 g/mol. The van der Waals surface area contributed by atoms with Gasteiger partial charge in [0.05, 0.1) is 0 Å². The first-order valence-electron chi connectivity index (χ1n) is 6.39. The molecule has 1 unspecified atom stereocenters. The van der Waals surface area contributed by atoms with E-state index in [1.807, 2.05) is 6.07 Å². The highest BCUT2D eigenvalue weighted by molar-refractivity contribution is 5.74. The van der Waals surface area contributed by atoms with Crippen LogP contribution in [0.2, 0.25) is 0 Å². The average molecular weight is 299 g/mol. The number of hydrogen-bond donors (Lipinski definition) is 1. The van der Waals surface area contributed by atoms with Crippen LogP contribution in [0.15, 0.2) is 48.7 Å². The third kappa shape index (κ3) is 4.38. The maximum absolute atomic E-state index is 11.4. The number of aromatic nitrogens is 1. The van der Waals surface area contributed by atoms with Gasteiger partial charge in [-0.1, -0.05) is 6.07 Å². The van der Waals surface area contributed by atoms with Crippen LogP contribution in [0.1, 0.15) is 6.92 Å². The summed E-state index contributed by atoms with van der Waals surface area (Å²) in [4.78, 5) is 19.9. The Morgan fingerprint density at radius 2 is 1.95 bits per heavy atom. The van der Waals surface area contributed by atoms with E-state index in [2.05, 4.69) is 9.82 Å². The van der Waals surface area contributed by atoms with E-state index >= 15 is 0 Å². The summed E-state index contributed by atoms with van der Waals surface area (Å²) in [6.07, 6.45) is 2.25. The number of nitriles is 1. The van der Waals surface area contributed by atoms with Crippen LogP contribution < -0.4 is 15.0 Å². The maximum Gasteiger partial charge on any atom is 0.372 e. The van der Waals surface area contributed by atoms with Crippen molar-refractivity contribution in [3.63, 3.8) is 0 Å². The van der Waals surface area contributed by atoms with Crippen LogP contribution in [-0.4, -0.2) is 17.1 Å². The molecule has 7 heteroatoms. The van der Waals surface area contributed by atoms with Crippen LogP contribution >= 0.6 is 0 Å². The second-order valence-electron chi connectivity index (χ2n) is 4.14. The summed E-state index contributed by atoms with van der Waals surface area (Å²) in [5.74, 6) is 0.841. The summed E-state index contributed by atoms with van der Waals surface area (Å²) in [5, 5.41) is 8.24. The van der Waals surface area contributed by atoms with E-state index in [9.17, 15) is 4.79 Å². The largest absolute Gasteiger partial charge is 0.479 e. The Bertz CT molecular complexity index is 653. The quantitative estimate of drug-likeness (QED) is 0.496. The van der Waals surface area contributed by atoms with Crippen molar-refractivity contribution in [3.8, 4) is 23.6 Å². The van der Waals surface area contributed by atoms with Crippen molar-refractivity contribution < 1.29 is 19.1 Å². The van der Waals surface area contributed by atoms with Crippen LogP contribution in [0.5, 0.6) is 17.4 Å². The van der Waals surface area contributed by atoms with Gasteiger partial charge >= 0.3 is 5.97 Å². The van der Waals surface area contributed by atoms with Crippen molar-refractivity contribution in [2.75, 3.05) is 0 Å². The Balaban J connectivity index is 1.92. The molecule has 0 aliphatic rings. The van der Waals surface area contributed by atoms with Gasteiger partial charge in [-0.2, -0.15) is 10.7 Å². The Kier molecular flexibility index (Phi) is 5.15. The fourth-order valence-corrected chi connectivity index (χ4v) is 1.52. The van der Waals surface area contributed by atoms with Gasteiger partial charge in [0.15, 0.2) is 6.10 Å². The molecule has 0 fully saturated rings. The minimum absolute atomic E-state index is 0.467. The summed E-state index contributed by atoms with van der Waals surface area (Å²) in [6, 6.07) is 12.0. The van der Waals surface area contributed by atoms with Gasteiger partial charge in [-0.15, -0.1) is 0 Å². The van der Waals surface area contributed by atoms with Gasteiger partial charge in [-0.3, -0.25) is 0 Å². The monoisotopic (exact) mass is 299 g/mol. The Morgan fingerprint density at radius 1 is 1.23 bits per heavy atom. The molecule has 1 aromatic heterocycles. The zero-order valence-electron chi connectivity index (χ0n) is 11.7. The van der Waals surface area contributed by atoms with Crippen LogP contribution in [0.3, 0.4) is 0 Å². The van der Waals surface area contributed by atoms with E-state index in [0.29, 0.717) is 17.4 Å². The van der Waals surface area contributed by atoms with E-state index in [1.54, 1.807) is 48.1 Å². The Morgan fingerprint density at radius 3 is 2.59 bits per heavy atom. The highest BCUT2D eigenvalue weighted by Gasteiger charge is 2.16. The number of carbonyl (C=O) groups is 1. The van der Waals surface area contributed by atoms with Crippen LogP contribution in [-0.2, 0) is 9.63 Å². The molecule has 112 valence electrons. The molecule has 2 aromatic rings. The Labute approximate surface area is 127 Å². The molecule has 0 radical (unpaired) electrons. The molecule has 2 rings (SSSR count). The van der Waals surface area contributed by atoms with Gasteiger partial charge in [0, 0.05) is 12.3 Å². The number of pyridine rings is 1. The van der Waals surface area contributed by atoms with Crippen LogP contribution in [0.4, 0.5) is 0 Å². The van der Waals surface area contributed by atoms with Crippen LogP contribution in [0, 0.1) is 11.5 Å². The number of hydrogen-bond acceptors (Lipinski definition) is 7. The van der Waals surface area contributed by atoms with Gasteiger partial charge in [-0.05, 0) is 37.3 Å². The molecule has 22 heavy (non-hydrogen) atoms. The summed E-state index contributed by atoms with van der Waals surface area (Å²) in [5.41, 5.74) is 1.80. The lowest BCUT2D eigenvalue weighted by molar-refractivity contribution is -0.156.